The minimum absolute atomic E-state index is 0.0329. The fourth-order valence-electron chi connectivity index (χ4n) is 4.82. The van der Waals surface area contributed by atoms with E-state index in [0.29, 0.717) is 18.5 Å². The summed E-state index contributed by atoms with van der Waals surface area (Å²) in [5.74, 6) is -1.43. The van der Waals surface area contributed by atoms with Crippen LogP contribution in [0, 0.1) is 17.3 Å². The quantitative estimate of drug-likeness (QED) is 0.897. The lowest BCUT2D eigenvalue weighted by Gasteiger charge is -2.37. The maximum atomic E-state index is 13.8. The average Bonchev–Trinajstić information content (AvgIpc) is 3.20. The highest BCUT2D eigenvalue weighted by molar-refractivity contribution is 5.96. The van der Waals surface area contributed by atoms with Crippen LogP contribution in [0.2, 0.25) is 0 Å². The summed E-state index contributed by atoms with van der Waals surface area (Å²) in [4.78, 5) is 16.9. The van der Waals surface area contributed by atoms with Crippen molar-refractivity contribution >= 4 is 11.6 Å². The number of hydrogen-bond acceptors (Lipinski definition) is 2. The van der Waals surface area contributed by atoms with Gasteiger partial charge in [-0.25, -0.2) is 0 Å². The number of fused-ring (bicyclic) bond motifs is 3. The molecule has 124 valence electrons. The van der Waals surface area contributed by atoms with Crippen LogP contribution in [-0.2, 0) is 17.6 Å². The number of carbonyl (C=O) groups excluding carboxylic acids is 1. The second kappa shape index (κ2) is 4.95. The molecule has 0 aromatic carbocycles. The van der Waals surface area contributed by atoms with Crippen LogP contribution in [0.25, 0.3) is 0 Å². The van der Waals surface area contributed by atoms with E-state index in [2.05, 4.69) is 10.3 Å². The largest absolute Gasteiger partial charge is 0.403 e. The maximum Gasteiger partial charge on any atom is 0.403 e. The first-order chi connectivity index (χ1) is 10.9. The second-order valence-electron chi connectivity index (χ2n) is 7.19. The molecule has 1 heterocycles. The van der Waals surface area contributed by atoms with Crippen molar-refractivity contribution in [2.75, 3.05) is 5.32 Å². The average molecular weight is 324 g/mol. The standard InChI is InChI=1S/C17H19F3N2O/c18-17(19,20)16(8-10-4-5-12(16)6-10)15(23)22-13-7-11-2-1-3-14(11)21-9-13/h7,9-10,12H,1-6,8H2,(H,22,23). The van der Waals surface area contributed by atoms with E-state index in [1.54, 1.807) is 6.07 Å². The van der Waals surface area contributed by atoms with Crippen LogP contribution in [0.5, 0.6) is 0 Å². The van der Waals surface area contributed by atoms with Gasteiger partial charge in [0.05, 0.1) is 11.9 Å². The Balaban J connectivity index is 1.62. The summed E-state index contributed by atoms with van der Waals surface area (Å²) in [7, 11) is 0. The third-order valence-corrected chi connectivity index (χ3v) is 5.94. The summed E-state index contributed by atoms with van der Waals surface area (Å²) in [6.07, 6.45) is 1.55. The number of hydrogen-bond donors (Lipinski definition) is 1. The lowest BCUT2D eigenvalue weighted by molar-refractivity contribution is -0.233. The zero-order chi connectivity index (χ0) is 16.2. The number of pyridine rings is 1. The van der Waals surface area contributed by atoms with Crippen molar-refractivity contribution in [3.63, 3.8) is 0 Å². The molecule has 2 saturated carbocycles. The Morgan fingerprint density at radius 2 is 2.13 bits per heavy atom. The molecule has 2 bridgehead atoms. The molecule has 1 N–H and O–H groups in total. The number of alkyl halides is 3. The van der Waals surface area contributed by atoms with E-state index in [9.17, 15) is 18.0 Å². The molecule has 0 aliphatic heterocycles. The lowest BCUT2D eigenvalue weighted by Crippen LogP contribution is -2.51. The Morgan fingerprint density at radius 3 is 2.78 bits per heavy atom. The number of nitrogens with one attached hydrogen (secondary N) is 1. The van der Waals surface area contributed by atoms with Crippen molar-refractivity contribution in [1.82, 2.24) is 4.98 Å². The molecule has 1 aromatic heterocycles. The molecule has 2 fully saturated rings. The van der Waals surface area contributed by atoms with Crippen LogP contribution in [0.15, 0.2) is 12.3 Å². The normalized spacial score (nSPS) is 32.1. The first kappa shape index (κ1) is 15.0. The topological polar surface area (TPSA) is 42.0 Å². The van der Waals surface area contributed by atoms with E-state index in [-0.39, 0.29) is 12.3 Å². The van der Waals surface area contributed by atoms with Gasteiger partial charge in [-0.1, -0.05) is 6.42 Å². The number of nitrogens with zero attached hydrogens (tertiary/aromatic N) is 1. The Morgan fingerprint density at radius 1 is 1.30 bits per heavy atom. The molecule has 3 nitrogen and oxygen atoms in total. The molecule has 4 rings (SSSR count). The SMILES string of the molecule is O=C(Nc1cnc2c(c1)CCC2)C1(C(F)(F)F)CC2CCC1C2. The van der Waals surface area contributed by atoms with E-state index in [0.717, 1.165) is 36.9 Å². The highest BCUT2D eigenvalue weighted by atomic mass is 19.4. The van der Waals surface area contributed by atoms with Crippen molar-refractivity contribution < 1.29 is 18.0 Å². The summed E-state index contributed by atoms with van der Waals surface area (Å²) in [5, 5.41) is 2.52. The Kier molecular flexibility index (Phi) is 3.22. The van der Waals surface area contributed by atoms with Crippen LogP contribution < -0.4 is 5.32 Å². The van der Waals surface area contributed by atoms with Crippen LogP contribution in [0.3, 0.4) is 0 Å². The summed E-state index contributed by atoms with van der Waals surface area (Å²) in [6, 6.07) is 1.78. The predicted molar refractivity (Wildman–Crippen MR) is 78.8 cm³/mol. The maximum absolute atomic E-state index is 13.8. The van der Waals surface area contributed by atoms with E-state index < -0.39 is 23.4 Å². The van der Waals surface area contributed by atoms with E-state index in [1.807, 2.05) is 0 Å². The number of carbonyl (C=O) groups is 1. The fourth-order valence-corrected chi connectivity index (χ4v) is 4.82. The minimum atomic E-state index is -4.50. The summed E-state index contributed by atoms with van der Waals surface area (Å²) >= 11 is 0. The Hall–Kier alpha value is -1.59. The fraction of sp³-hybridized carbons (Fsp3) is 0.647. The second-order valence-corrected chi connectivity index (χ2v) is 7.19. The molecular weight excluding hydrogens is 305 g/mol. The third-order valence-electron chi connectivity index (χ3n) is 5.94. The number of rotatable bonds is 2. The van der Waals surface area contributed by atoms with Gasteiger partial charge >= 0.3 is 6.18 Å². The first-order valence-corrected chi connectivity index (χ1v) is 8.26. The van der Waals surface area contributed by atoms with Crippen molar-refractivity contribution in [2.24, 2.45) is 17.3 Å². The van der Waals surface area contributed by atoms with Gasteiger partial charge in [0.1, 0.15) is 5.41 Å². The zero-order valence-corrected chi connectivity index (χ0v) is 12.7. The zero-order valence-electron chi connectivity index (χ0n) is 12.7. The molecule has 0 spiro atoms. The molecule has 3 atom stereocenters. The number of halogens is 3. The highest BCUT2D eigenvalue weighted by Crippen LogP contribution is 2.62. The first-order valence-electron chi connectivity index (χ1n) is 8.26. The summed E-state index contributed by atoms with van der Waals surface area (Å²) < 4.78 is 41.3. The van der Waals surface area contributed by atoms with Gasteiger partial charge in [-0.05, 0) is 62.0 Å². The summed E-state index contributed by atoms with van der Waals surface area (Å²) in [5.41, 5.74) is 0.210. The number of aromatic nitrogens is 1. The molecule has 23 heavy (non-hydrogen) atoms. The molecule has 0 saturated heterocycles. The van der Waals surface area contributed by atoms with Gasteiger partial charge in [0.2, 0.25) is 5.91 Å². The van der Waals surface area contributed by atoms with E-state index in [1.165, 1.54) is 6.20 Å². The molecule has 6 heteroatoms. The number of anilines is 1. The molecule has 0 radical (unpaired) electrons. The van der Waals surface area contributed by atoms with Crippen molar-refractivity contribution in [1.29, 1.82) is 0 Å². The van der Waals surface area contributed by atoms with E-state index in [4.69, 9.17) is 0 Å². The minimum Gasteiger partial charge on any atom is -0.324 e. The smallest absolute Gasteiger partial charge is 0.324 e. The molecule has 3 aliphatic carbocycles. The molecule has 1 aromatic rings. The molecule has 3 unspecified atom stereocenters. The monoisotopic (exact) mass is 324 g/mol. The lowest BCUT2D eigenvalue weighted by atomic mass is 9.71. The van der Waals surface area contributed by atoms with E-state index >= 15 is 0 Å². The van der Waals surface area contributed by atoms with Crippen LogP contribution in [0.4, 0.5) is 18.9 Å². The van der Waals surface area contributed by atoms with Gasteiger partial charge in [-0.2, -0.15) is 13.2 Å². The van der Waals surface area contributed by atoms with Gasteiger partial charge in [-0.3, -0.25) is 9.78 Å². The van der Waals surface area contributed by atoms with Crippen molar-refractivity contribution in [2.45, 2.75) is 51.1 Å². The van der Waals surface area contributed by atoms with Crippen LogP contribution in [-0.4, -0.2) is 17.1 Å². The molecule has 1 amide bonds. The van der Waals surface area contributed by atoms with Crippen LogP contribution in [0.1, 0.15) is 43.4 Å². The van der Waals surface area contributed by atoms with Gasteiger partial charge in [0, 0.05) is 5.69 Å². The van der Waals surface area contributed by atoms with Gasteiger partial charge in [0.15, 0.2) is 0 Å². The Bertz CT molecular complexity index is 658. The molecular formula is C17H19F3N2O. The Labute approximate surface area is 132 Å². The van der Waals surface area contributed by atoms with Gasteiger partial charge in [-0.15, -0.1) is 0 Å². The van der Waals surface area contributed by atoms with Crippen LogP contribution >= 0.6 is 0 Å². The van der Waals surface area contributed by atoms with Crippen molar-refractivity contribution in [3.8, 4) is 0 Å². The molecule has 3 aliphatic rings. The third kappa shape index (κ3) is 2.17. The number of aryl methyl sites for hydroxylation is 2. The van der Waals surface area contributed by atoms with Crippen molar-refractivity contribution in [3.05, 3.63) is 23.5 Å². The van der Waals surface area contributed by atoms with Gasteiger partial charge < -0.3 is 5.32 Å². The predicted octanol–water partition coefficient (Wildman–Crippen LogP) is 3.88. The van der Waals surface area contributed by atoms with Gasteiger partial charge in [0.25, 0.3) is 0 Å². The summed E-state index contributed by atoms with van der Waals surface area (Å²) in [6.45, 7) is 0. The highest BCUT2D eigenvalue weighted by Gasteiger charge is 2.69. The number of amides is 1.